The van der Waals surface area contributed by atoms with Crippen molar-refractivity contribution in [2.75, 3.05) is 0 Å². The summed E-state index contributed by atoms with van der Waals surface area (Å²) in [6, 6.07) is 14.3. The van der Waals surface area contributed by atoms with E-state index in [1.165, 1.54) is 0 Å². The average Bonchev–Trinajstić information content (AvgIpc) is 2.65. The third kappa shape index (κ3) is 1.34. The Bertz CT molecular complexity index is 1400. The molecule has 4 aromatic heterocycles. The van der Waals surface area contributed by atoms with Gasteiger partial charge >= 0.3 is 0 Å². The lowest BCUT2D eigenvalue weighted by atomic mass is 9.99. The van der Waals surface area contributed by atoms with Crippen LogP contribution in [0.5, 0.6) is 0 Å². The van der Waals surface area contributed by atoms with E-state index in [0.717, 1.165) is 54.5 Å². The summed E-state index contributed by atoms with van der Waals surface area (Å²) in [4.78, 5) is 18.8. The summed E-state index contributed by atoms with van der Waals surface area (Å²) in [6.07, 6.45) is 5.53. The minimum atomic E-state index is 0.894. The summed E-state index contributed by atoms with van der Waals surface area (Å²) in [5.41, 5.74) is 4.56. The third-order valence-electron chi connectivity index (χ3n) is 4.74. The lowest BCUT2D eigenvalue weighted by molar-refractivity contribution is 1.36. The first kappa shape index (κ1) is 12.1. The van der Waals surface area contributed by atoms with Gasteiger partial charge in [0.2, 0.25) is 0 Å². The molecule has 6 aromatic rings. The Kier molecular flexibility index (Phi) is 2.07. The fraction of sp³-hybridized carbons (Fsp3) is 0. The van der Waals surface area contributed by atoms with E-state index in [4.69, 9.17) is 4.98 Å². The molecule has 0 saturated carbocycles. The van der Waals surface area contributed by atoms with Gasteiger partial charge in [-0.1, -0.05) is 18.2 Å². The molecule has 0 atom stereocenters. The van der Waals surface area contributed by atoms with Crippen molar-refractivity contribution in [3.8, 4) is 0 Å². The van der Waals surface area contributed by atoms with Crippen molar-refractivity contribution >= 4 is 54.5 Å². The molecular formula is C20H10N4. The molecule has 4 heteroatoms. The number of aromatic nitrogens is 4. The summed E-state index contributed by atoms with van der Waals surface area (Å²) in [5, 5.41) is 5.48. The minimum absolute atomic E-state index is 0.894. The predicted octanol–water partition coefficient (Wildman–Crippen LogP) is 4.47. The second kappa shape index (κ2) is 4.11. The number of hydrogen-bond donors (Lipinski definition) is 0. The highest BCUT2D eigenvalue weighted by Crippen LogP contribution is 2.38. The van der Waals surface area contributed by atoms with Crippen LogP contribution in [-0.2, 0) is 0 Å². The van der Waals surface area contributed by atoms with Crippen LogP contribution in [0.4, 0.5) is 0 Å². The number of nitrogens with zero attached hydrogens (tertiary/aromatic N) is 4. The lowest BCUT2D eigenvalue weighted by Gasteiger charge is -2.12. The Morgan fingerprint density at radius 1 is 0.542 bits per heavy atom. The molecule has 0 saturated heterocycles. The van der Waals surface area contributed by atoms with Gasteiger partial charge in [0.25, 0.3) is 0 Å². The maximum Gasteiger partial charge on any atom is 0.100 e. The molecule has 0 bridgehead atoms. The van der Waals surface area contributed by atoms with Crippen LogP contribution in [0.3, 0.4) is 0 Å². The van der Waals surface area contributed by atoms with E-state index >= 15 is 0 Å². The molecule has 24 heavy (non-hydrogen) atoms. The van der Waals surface area contributed by atoms with Crippen molar-refractivity contribution in [3.05, 3.63) is 61.1 Å². The van der Waals surface area contributed by atoms with E-state index in [-0.39, 0.29) is 0 Å². The molecule has 6 rings (SSSR count). The third-order valence-corrected chi connectivity index (χ3v) is 4.74. The first-order valence-electron chi connectivity index (χ1n) is 7.84. The van der Waals surface area contributed by atoms with Crippen LogP contribution < -0.4 is 0 Å². The number of pyridine rings is 4. The van der Waals surface area contributed by atoms with E-state index in [2.05, 4.69) is 27.1 Å². The van der Waals surface area contributed by atoms with Crippen LogP contribution in [0.2, 0.25) is 0 Å². The van der Waals surface area contributed by atoms with Crippen LogP contribution in [0, 0.1) is 0 Å². The highest BCUT2D eigenvalue weighted by Gasteiger charge is 2.17. The van der Waals surface area contributed by atoms with Crippen LogP contribution in [-0.4, -0.2) is 19.9 Å². The van der Waals surface area contributed by atoms with Gasteiger partial charge in [-0.2, -0.15) is 0 Å². The zero-order valence-electron chi connectivity index (χ0n) is 12.6. The van der Waals surface area contributed by atoms with Crippen LogP contribution in [0.1, 0.15) is 0 Å². The molecule has 4 heterocycles. The molecule has 110 valence electrons. The lowest BCUT2D eigenvalue weighted by Crippen LogP contribution is -1.95. The Morgan fingerprint density at radius 3 is 2.04 bits per heavy atom. The fourth-order valence-corrected chi connectivity index (χ4v) is 3.73. The van der Waals surface area contributed by atoms with Gasteiger partial charge < -0.3 is 0 Å². The van der Waals surface area contributed by atoms with Gasteiger partial charge in [0.05, 0.1) is 22.1 Å². The molecular weight excluding hydrogens is 296 g/mol. The summed E-state index contributed by atoms with van der Waals surface area (Å²) >= 11 is 0. The Balaban J connectivity index is 2.10. The number of rotatable bonds is 0. The second-order valence-electron chi connectivity index (χ2n) is 5.98. The molecule has 4 nitrogen and oxygen atoms in total. The number of fused-ring (bicyclic) bond motifs is 4. The highest BCUT2D eigenvalue weighted by atomic mass is 14.8. The maximum atomic E-state index is 4.93. The fourth-order valence-electron chi connectivity index (χ4n) is 3.73. The van der Waals surface area contributed by atoms with Crippen LogP contribution >= 0.6 is 0 Å². The van der Waals surface area contributed by atoms with Crippen molar-refractivity contribution in [2.45, 2.75) is 0 Å². The topological polar surface area (TPSA) is 51.6 Å². The SMILES string of the molecule is c1ccc2c(c1)nc1c3nccc4ccnc(c5nccc2c51)c43. The summed E-state index contributed by atoms with van der Waals surface area (Å²) in [5.74, 6) is 0. The van der Waals surface area contributed by atoms with Gasteiger partial charge in [-0.25, -0.2) is 4.98 Å². The zero-order chi connectivity index (χ0) is 15.7. The summed E-state index contributed by atoms with van der Waals surface area (Å²) in [6.45, 7) is 0. The van der Waals surface area contributed by atoms with Crippen molar-refractivity contribution in [3.63, 3.8) is 0 Å². The van der Waals surface area contributed by atoms with E-state index in [1.807, 2.05) is 48.9 Å². The Labute approximate surface area is 136 Å². The number of para-hydroxylation sites is 1. The zero-order valence-corrected chi connectivity index (χ0v) is 12.6. The van der Waals surface area contributed by atoms with Crippen molar-refractivity contribution in [2.24, 2.45) is 0 Å². The van der Waals surface area contributed by atoms with E-state index in [1.54, 1.807) is 0 Å². The van der Waals surface area contributed by atoms with E-state index in [9.17, 15) is 0 Å². The minimum Gasteiger partial charge on any atom is -0.254 e. The quantitative estimate of drug-likeness (QED) is 0.307. The summed E-state index contributed by atoms with van der Waals surface area (Å²) < 4.78 is 0. The van der Waals surface area contributed by atoms with Crippen molar-refractivity contribution in [1.29, 1.82) is 0 Å². The molecule has 0 aliphatic heterocycles. The van der Waals surface area contributed by atoms with Gasteiger partial charge in [-0.3, -0.25) is 15.0 Å². The number of hydrogen-bond acceptors (Lipinski definition) is 4. The number of benzene rings is 2. The monoisotopic (exact) mass is 306 g/mol. The molecule has 0 radical (unpaired) electrons. The van der Waals surface area contributed by atoms with Crippen LogP contribution in [0.15, 0.2) is 61.1 Å². The van der Waals surface area contributed by atoms with E-state index < -0.39 is 0 Å². The molecule has 0 fully saturated rings. The predicted molar refractivity (Wildman–Crippen MR) is 96.3 cm³/mol. The van der Waals surface area contributed by atoms with Gasteiger partial charge in [-0.15, -0.1) is 0 Å². The van der Waals surface area contributed by atoms with Gasteiger partial charge in [-0.05, 0) is 35.0 Å². The smallest absolute Gasteiger partial charge is 0.100 e. The molecule has 0 amide bonds. The molecule has 0 unspecified atom stereocenters. The van der Waals surface area contributed by atoms with Gasteiger partial charge in [0.1, 0.15) is 5.52 Å². The molecule has 0 N–H and O–H groups in total. The Hall–Kier alpha value is -3.40. The van der Waals surface area contributed by atoms with E-state index in [0.29, 0.717) is 0 Å². The maximum absolute atomic E-state index is 4.93. The molecule has 2 aromatic carbocycles. The average molecular weight is 306 g/mol. The normalized spacial score (nSPS) is 12.2. The largest absolute Gasteiger partial charge is 0.254 e. The first-order valence-corrected chi connectivity index (χ1v) is 7.84. The van der Waals surface area contributed by atoms with Crippen molar-refractivity contribution in [1.82, 2.24) is 19.9 Å². The molecule has 0 spiro atoms. The first-order chi connectivity index (χ1) is 11.9. The standard InChI is InChI=1S/C20H10N4/c1-2-4-14-12(3-1)13-7-10-23-19-16(13)20(24-14)18-15-11(6-9-22-18)5-8-21-17(15)19/h1-10H. The van der Waals surface area contributed by atoms with Crippen LogP contribution in [0.25, 0.3) is 54.5 Å². The summed E-state index contributed by atoms with van der Waals surface area (Å²) in [7, 11) is 0. The van der Waals surface area contributed by atoms with Crippen molar-refractivity contribution < 1.29 is 0 Å². The Morgan fingerprint density at radius 2 is 1.21 bits per heavy atom. The van der Waals surface area contributed by atoms with Gasteiger partial charge in [0.15, 0.2) is 0 Å². The second-order valence-corrected chi connectivity index (χ2v) is 5.98. The molecule has 0 aliphatic rings. The van der Waals surface area contributed by atoms with Gasteiger partial charge in [0, 0.05) is 34.7 Å². The molecule has 0 aliphatic carbocycles. The highest BCUT2D eigenvalue weighted by molar-refractivity contribution is 6.31.